The monoisotopic (exact) mass is 399 g/mol. The maximum absolute atomic E-state index is 12.1. The van der Waals surface area contributed by atoms with Crippen LogP contribution in [0.4, 0.5) is 0 Å². The van der Waals surface area contributed by atoms with E-state index < -0.39 is 6.10 Å². The summed E-state index contributed by atoms with van der Waals surface area (Å²) in [5.41, 5.74) is 2.45. The van der Waals surface area contributed by atoms with E-state index in [0.717, 1.165) is 31.7 Å². The van der Waals surface area contributed by atoms with E-state index in [2.05, 4.69) is 39.9 Å². The Hall–Kier alpha value is -2.08. The number of pyridine rings is 1. The number of nitrogens with zero attached hydrogens (tertiary/aromatic N) is 3. The molecule has 3 aromatic rings. The van der Waals surface area contributed by atoms with Crippen LogP contribution in [-0.4, -0.2) is 44.9 Å². The lowest BCUT2D eigenvalue weighted by Gasteiger charge is -2.43. The van der Waals surface area contributed by atoms with Crippen LogP contribution < -0.4 is 5.56 Å². The quantitative estimate of drug-likeness (QED) is 0.733. The molecule has 148 valence electrons. The molecular weight excluding hydrogens is 374 g/mol. The Kier molecular flexibility index (Phi) is 5.32. The molecule has 6 heteroatoms. The van der Waals surface area contributed by atoms with Crippen LogP contribution in [0.5, 0.6) is 0 Å². The summed E-state index contributed by atoms with van der Waals surface area (Å²) in [7, 11) is 0. The van der Waals surface area contributed by atoms with E-state index in [0.29, 0.717) is 24.9 Å². The van der Waals surface area contributed by atoms with Crippen molar-refractivity contribution in [1.29, 1.82) is 0 Å². The van der Waals surface area contributed by atoms with Crippen LogP contribution in [0.3, 0.4) is 0 Å². The minimum Gasteiger partial charge on any atom is -0.390 e. The molecule has 4 heterocycles. The van der Waals surface area contributed by atoms with Crippen LogP contribution in [0.2, 0.25) is 0 Å². The predicted octanol–water partition coefficient (Wildman–Crippen LogP) is 2.71. The molecule has 1 saturated heterocycles. The Labute approximate surface area is 170 Å². The van der Waals surface area contributed by atoms with Crippen LogP contribution in [0.1, 0.15) is 18.0 Å². The summed E-state index contributed by atoms with van der Waals surface area (Å²) in [6, 6.07) is 16.0. The van der Waals surface area contributed by atoms with Crippen LogP contribution in [0.15, 0.2) is 59.5 Å². The van der Waals surface area contributed by atoms with Gasteiger partial charge in [-0.2, -0.15) is 0 Å². The highest BCUT2D eigenvalue weighted by molar-refractivity contribution is 5.85. The number of piperidine rings is 1. The third-order valence-electron chi connectivity index (χ3n) is 6.11. The van der Waals surface area contributed by atoms with Crippen molar-refractivity contribution in [1.82, 2.24) is 14.0 Å². The highest BCUT2D eigenvalue weighted by Crippen LogP contribution is 2.34. The van der Waals surface area contributed by atoms with Crippen LogP contribution >= 0.6 is 12.4 Å². The molecule has 2 bridgehead atoms. The van der Waals surface area contributed by atoms with Gasteiger partial charge in [0.15, 0.2) is 0 Å². The van der Waals surface area contributed by atoms with Gasteiger partial charge in [0.2, 0.25) is 0 Å². The van der Waals surface area contributed by atoms with E-state index in [1.807, 2.05) is 22.8 Å². The molecule has 5 rings (SSSR count). The number of aromatic nitrogens is 2. The summed E-state index contributed by atoms with van der Waals surface area (Å²) in [4.78, 5) is 14.5. The van der Waals surface area contributed by atoms with Gasteiger partial charge in [0.05, 0.1) is 6.10 Å². The van der Waals surface area contributed by atoms with Gasteiger partial charge in [0.1, 0.15) is 0 Å². The van der Waals surface area contributed by atoms with Gasteiger partial charge in [0.25, 0.3) is 5.56 Å². The number of fused-ring (bicyclic) bond motifs is 5. The Bertz CT molecular complexity index is 1030. The Morgan fingerprint density at radius 3 is 2.75 bits per heavy atom. The standard InChI is InChI=1S/C22H25N3O2.ClH/c26-19(15-24-9-8-17-4-1-2-5-20(17)24)14-23-11-16-10-18(13-23)21-6-3-7-22(27)25(21)12-16;/h1-9,16,18-19,26H,10-15H2;1H/t16-,18+,19?;/m0./s1. The maximum Gasteiger partial charge on any atom is 0.250 e. The molecule has 0 amide bonds. The zero-order valence-corrected chi connectivity index (χ0v) is 16.6. The number of para-hydroxylation sites is 1. The fourth-order valence-corrected chi connectivity index (χ4v) is 5.03. The van der Waals surface area contributed by atoms with E-state index >= 15 is 0 Å². The first-order valence-corrected chi connectivity index (χ1v) is 9.81. The molecule has 5 nitrogen and oxygen atoms in total. The van der Waals surface area contributed by atoms with Crippen molar-refractivity contribution in [2.45, 2.75) is 31.5 Å². The van der Waals surface area contributed by atoms with Gasteiger partial charge < -0.3 is 14.2 Å². The SMILES string of the molecule is Cl.O=c1cccc2n1C[C@H]1C[C@@H]2CN(CC(O)Cn2ccc3ccccc32)C1. The average Bonchev–Trinajstić information content (AvgIpc) is 3.05. The normalized spacial score (nSPS) is 22.5. The van der Waals surface area contributed by atoms with Gasteiger partial charge in [-0.15, -0.1) is 12.4 Å². The second-order valence-corrected chi connectivity index (χ2v) is 8.10. The van der Waals surface area contributed by atoms with Crippen LogP contribution in [0.25, 0.3) is 10.9 Å². The van der Waals surface area contributed by atoms with Gasteiger partial charge in [0, 0.05) is 62.1 Å². The van der Waals surface area contributed by atoms with Crippen molar-refractivity contribution in [3.8, 4) is 0 Å². The summed E-state index contributed by atoms with van der Waals surface area (Å²) in [5, 5.41) is 11.9. The lowest BCUT2D eigenvalue weighted by molar-refractivity contribution is 0.0553. The van der Waals surface area contributed by atoms with Gasteiger partial charge >= 0.3 is 0 Å². The average molecular weight is 400 g/mol. The van der Waals surface area contributed by atoms with Crippen molar-refractivity contribution < 1.29 is 5.11 Å². The smallest absolute Gasteiger partial charge is 0.250 e. The molecule has 1 unspecified atom stereocenters. The number of rotatable bonds is 4. The Morgan fingerprint density at radius 2 is 1.86 bits per heavy atom. The van der Waals surface area contributed by atoms with Crippen LogP contribution in [0, 0.1) is 5.92 Å². The Balaban J connectivity index is 0.00000192. The van der Waals surface area contributed by atoms with Gasteiger partial charge in [-0.05, 0) is 35.9 Å². The van der Waals surface area contributed by atoms with E-state index in [9.17, 15) is 9.90 Å². The molecule has 3 atom stereocenters. The van der Waals surface area contributed by atoms with Crippen molar-refractivity contribution in [3.05, 3.63) is 70.8 Å². The predicted molar refractivity (Wildman–Crippen MR) is 113 cm³/mol. The lowest BCUT2D eigenvalue weighted by atomic mass is 9.83. The molecule has 2 aromatic heterocycles. The van der Waals surface area contributed by atoms with Crippen molar-refractivity contribution in [3.63, 3.8) is 0 Å². The third kappa shape index (κ3) is 3.50. The molecule has 0 saturated carbocycles. The number of hydrogen-bond donors (Lipinski definition) is 1. The fraction of sp³-hybridized carbons (Fsp3) is 0.409. The first kappa shape index (κ1) is 19.2. The summed E-state index contributed by atoms with van der Waals surface area (Å²) in [6.45, 7) is 3.97. The fourth-order valence-electron chi connectivity index (χ4n) is 5.03. The zero-order chi connectivity index (χ0) is 18.4. The van der Waals surface area contributed by atoms with E-state index in [1.165, 1.54) is 10.9 Å². The highest BCUT2D eigenvalue weighted by Gasteiger charge is 2.34. The lowest BCUT2D eigenvalue weighted by Crippen LogP contribution is -2.49. The summed E-state index contributed by atoms with van der Waals surface area (Å²) < 4.78 is 4.10. The van der Waals surface area contributed by atoms with Crippen molar-refractivity contribution in [2.75, 3.05) is 19.6 Å². The molecule has 0 aliphatic carbocycles. The van der Waals surface area contributed by atoms with Crippen molar-refractivity contribution in [2.24, 2.45) is 5.92 Å². The van der Waals surface area contributed by atoms with E-state index in [-0.39, 0.29) is 18.0 Å². The second-order valence-electron chi connectivity index (χ2n) is 8.10. The van der Waals surface area contributed by atoms with E-state index in [1.54, 1.807) is 6.07 Å². The first-order valence-electron chi connectivity index (χ1n) is 9.81. The molecule has 2 aliphatic rings. The molecule has 1 fully saturated rings. The molecule has 1 N–H and O–H groups in total. The number of aliphatic hydroxyl groups excluding tert-OH is 1. The largest absolute Gasteiger partial charge is 0.390 e. The molecule has 28 heavy (non-hydrogen) atoms. The molecular formula is C22H26ClN3O2. The molecule has 1 aromatic carbocycles. The number of aliphatic hydroxyl groups is 1. The molecule has 0 spiro atoms. The third-order valence-corrected chi connectivity index (χ3v) is 6.11. The zero-order valence-electron chi connectivity index (χ0n) is 15.8. The van der Waals surface area contributed by atoms with Gasteiger partial charge in [-0.1, -0.05) is 24.3 Å². The topological polar surface area (TPSA) is 50.4 Å². The number of hydrogen-bond acceptors (Lipinski definition) is 3. The summed E-state index contributed by atoms with van der Waals surface area (Å²) >= 11 is 0. The van der Waals surface area contributed by atoms with E-state index in [4.69, 9.17) is 0 Å². The number of halogens is 1. The molecule has 2 aliphatic heterocycles. The minimum atomic E-state index is -0.405. The number of β-amino-alcohol motifs (C(OH)–C–C–N with tert-alkyl or cyclic N) is 1. The van der Waals surface area contributed by atoms with Crippen molar-refractivity contribution >= 4 is 23.3 Å². The van der Waals surface area contributed by atoms with Gasteiger partial charge in [-0.25, -0.2) is 0 Å². The number of likely N-dealkylation sites (tertiary alicyclic amines) is 1. The summed E-state index contributed by atoms with van der Waals surface area (Å²) in [5.74, 6) is 0.891. The molecule has 0 radical (unpaired) electrons. The Morgan fingerprint density at radius 1 is 1.00 bits per heavy atom. The maximum atomic E-state index is 12.1. The number of benzene rings is 1. The minimum absolute atomic E-state index is 0. The van der Waals surface area contributed by atoms with Gasteiger partial charge in [-0.3, -0.25) is 9.69 Å². The summed E-state index contributed by atoms with van der Waals surface area (Å²) in [6.07, 6.45) is 2.80. The first-order chi connectivity index (χ1) is 13.2. The highest BCUT2D eigenvalue weighted by atomic mass is 35.5. The van der Waals surface area contributed by atoms with Crippen LogP contribution in [-0.2, 0) is 13.1 Å². The second kappa shape index (κ2) is 7.74.